The van der Waals surface area contributed by atoms with Gasteiger partial charge < -0.3 is 15.2 Å². The topological polar surface area (TPSA) is 44.5 Å². The molecular weight excluding hydrogens is 190 g/mol. The first-order chi connectivity index (χ1) is 7.24. The second kappa shape index (κ2) is 4.11. The number of ether oxygens (including phenoxy) is 2. The van der Waals surface area contributed by atoms with E-state index >= 15 is 0 Å². The minimum atomic E-state index is 0.0501. The Hall–Kier alpha value is -1.22. The monoisotopic (exact) mass is 207 g/mol. The molecule has 0 spiro atoms. The lowest BCUT2D eigenvalue weighted by Crippen LogP contribution is -2.29. The number of hydrogen-bond donors (Lipinski definition) is 1. The maximum atomic E-state index is 6.12. The minimum Gasteiger partial charge on any atom is -0.490 e. The van der Waals surface area contributed by atoms with Gasteiger partial charge in [-0.1, -0.05) is 19.1 Å². The Bertz CT molecular complexity index is 351. The van der Waals surface area contributed by atoms with Crippen molar-refractivity contribution in [2.24, 2.45) is 11.7 Å². The number of hydrogen-bond acceptors (Lipinski definition) is 3. The Morgan fingerprint density at radius 2 is 2.33 bits per heavy atom. The van der Waals surface area contributed by atoms with Gasteiger partial charge in [-0.15, -0.1) is 0 Å². The van der Waals surface area contributed by atoms with Crippen molar-refractivity contribution in [1.82, 2.24) is 0 Å². The van der Waals surface area contributed by atoms with Crippen LogP contribution in [0, 0.1) is 5.92 Å². The third kappa shape index (κ3) is 1.79. The van der Waals surface area contributed by atoms with E-state index in [0.29, 0.717) is 19.1 Å². The second-order valence-electron chi connectivity index (χ2n) is 3.92. The van der Waals surface area contributed by atoms with Crippen LogP contribution in [0.2, 0.25) is 0 Å². The highest BCUT2D eigenvalue weighted by Gasteiger charge is 2.26. The Labute approximate surface area is 90.2 Å². The molecule has 0 bridgehead atoms. The Kier molecular flexibility index (Phi) is 2.82. The molecule has 0 aromatic heterocycles. The number of fused-ring (bicyclic) bond motifs is 1. The van der Waals surface area contributed by atoms with Crippen molar-refractivity contribution in [3.05, 3.63) is 23.8 Å². The van der Waals surface area contributed by atoms with E-state index in [1.54, 1.807) is 0 Å². The van der Waals surface area contributed by atoms with Crippen molar-refractivity contribution in [3.63, 3.8) is 0 Å². The highest BCUT2D eigenvalue weighted by molar-refractivity contribution is 5.49. The van der Waals surface area contributed by atoms with E-state index in [0.717, 1.165) is 17.1 Å². The van der Waals surface area contributed by atoms with Gasteiger partial charge >= 0.3 is 0 Å². The molecule has 1 aromatic rings. The van der Waals surface area contributed by atoms with Gasteiger partial charge in [-0.25, -0.2) is 0 Å². The molecule has 0 radical (unpaired) electrons. The van der Waals surface area contributed by atoms with Crippen LogP contribution < -0.4 is 15.2 Å². The van der Waals surface area contributed by atoms with Crippen molar-refractivity contribution < 1.29 is 9.47 Å². The van der Waals surface area contributed by atoms with Crippen LogP contribution in [0.3, 0.4) is 0 Å². The number of nitrogens with two attached hydrogens (primary N) is 1. The van der Waals surface area contributed by atoms with E-state index in [2.05, 4.69) is 6.92 Å². The highest BCUT2D eigenvalue weighted by Crippen LogP contribution is 2.40. The molecule has 1 aromatic carbocycles. The van der Waals surface area contributed by atoms with Gasteiger partial charge in [0.15, 0.2) is 11.5 Å². The summed E-state index contributed by atoms with van der Waals surface area (Å²) >= 11 is 0. The maximum absolute atomic E-state index is 6.12. The van der Waals surface area contributed by atoms with Crippen molar-refractivity contribution in [3.8, 4) is 11.5 Å². The fraction of sp³-hybridized carbons (Fsp3) is 0.500. The largest absolute Gasteiger partial charge is 0.490 e. The molecule has 0 fully saturated rings. The average Bonchev–Trinajstić information content (AvgIpc) is 2.25. The summed E-state index contributed by atoms with van der Waals surface area (Å²) in [7, 11) is 0. The SMILES string of the molecule is CCOc1cccc2c1OCC(C)C2N. The maximum Gasteiger partial charge on any atom is 0.165 e. The summed E-state index contributed by atoms with van der Waals surface area (Å²) in [5, 5.41) is 0. The predicted molar refractivity (Wildman–Crippen MR) is 59.2 cm³/mol. The van der Waals surface area contributed by atoms with Gasteiger partial charge in [-0.2, -0.15) is 0 Å². The molecule has 1 heterocycles. The van der Waals surface area contributed by atoms with Gasteiger partial charge in [-0.3, -0.25) is 0 Å². The molecule has 3 heteroatoms. The molecule has 0 saturated heterocycles. The molecule has 1 aliphatic heterocycles. The van der Waals surface area contributed by atoms with Crippen LogP contribution >= 0.6 is 0 Å². The normalized spacial score (nSPS) is 24.2. The van der Waals surface area contributed by atoms with Gasteiger partial charge in [-0.05, 0) is 13.0 Å². The molecule has 1 aliphatic rings. The fourth-order valence-corrected chi connectivity index (χ4v) is 1.84. The van der Waals surface area contributed by atoms with Gasteiger partial charge in [0.2, 0.25) is 0 Å². The third-order valence-electron chi connectivity index (χ3n) is 2.77. The molecular formula is C12H17NO2. The molecule has 3 nitrogen and oxygen atoms in total. The second-order valence-corrected chi connectivity index (χ2v) is 3.92. The van der Waals surface area contributed by atoms with Crippen molar-refractivity contribution in [2.75, 3.05) is 13.2 Å². The van der Waals surface area contributed by atoms with E-state index in [1.165, 1.54) is 0 Å². The fourth-order valence-electron chi connectivity index (χ4n) is 1.84. The van der Waals surface area contributed by atoms with Crippen molar-refractivity contribution in [1.29, 1.82) is 0 Å². The first-order valence-corrected chi connectivity index (χ1v) is 5.38. The van der Waals surface area contributed by atoms with Gasteiger partial charge in [0, 0.05) is 17.5 Å². The molecule has 0 amide bonds. The number of rotatable bonds is 2. The van der Waals surface area contributed by atoms with E-state index in [-0.39, 0.29) is 6.04 Å². The summed E-state index contributed by atoms with van der Waals surface area (Å²) in [5.74, 6) is 1.98. The van der Waals surface area contributed by atoms with Crippen LogP contribution in [0.5, 0.6) is 11.5 Å². The number of benzene rings is 1. The molecule has 15 heavy (non-hydrogen) atoms. The smallest absolute Gasteiger partial charge is 0.165 e. The Morgan fingerprint density at radius 1 is 1.53 bits per heavy atom. The summed E-state index contributed by atoms with van der Waals surface area (Å²) < 4.78 is 11.2. The van der Waals surface area contributed by atoms with Gasteiger partial charge in [0.25, 0.3) is 0 Å². The van der Waals surface area contributed by atoms with Gasteiger partial charge in [0.05, 0.1) is 13.2 Å². The zero-order valence-electron chi connectivity index (χ0n) is 9.19. The minimum absolute atomic E-state index is 0.0501. The van der Waals surface area contributed by atoms with Gasteiger partial charge in [0.1, 0.15) is 0 Å². The first-order valence-electron chi connectivity index (χ1n) is 5.38. The lowest BCUT2D eigenvalue weighted by Gasteiger charge is -2.29. The van der Waals surface area contributed by atoms with E-state index in [1.807, 2.05) is 25.1 Å². The zero-order valence-corrected chi connectivity index (χ0v) is 9.19. The summed E-state index contributed by atoms with van der Waals surface area (Å²) in [4.78, 5) is 0. The molecule has 0 aliphatic carbocycles. The van der Waals surface area contributed by atoms with Crippen LogP contribution in [-0.2, 0) is 0 Å². The molecule has 0 saturated carbocycles. The third-order valence-corrected chi connectivity index (χ3v) is 2.77. The van der Waals surface area contributed by atoms with Crippen LogP contribution in [0.1, 0.15) is 25.5 Å². The Balaban J connectivity index is 2.39. The lowest BCUT2D eigenvalue weighted by atomic mass is 9.93. The highest BCUT2D eigenvalue weighted by atomic mass is 16.5. The predicted octanol–water partition coefficient (Wildman–Crippen LogP) is 2.11. The van der Waals surface area contributed by atoms with Crippen LogP contribution in [0.4, 0.5) is 0 Å². The molecule has 82 valence electrons. The summed E-state index contributed by atoms with van der Waals surface area (Å²) in [6.07, 6.45) is 0. The van der Waals surface area contributed by atoms with Crippen LogP contribution in [0.25, 0.3) is 0 Å². The lowest BCUT2D eigenvalue weighted by molar-refractivity contribution is 0.194. The zero-order chi connectivity index (χ0) is 10.8. The van der Waals surface area contributed by atoms with E-state index in [9.17, 15) is 0 Å². The average molecular weight is 207 g/mol. The van der Waals surface area contributed by atoms with Crippen molar-refractivity contribution in [2.45, 2.75) is 19.9 Å². The molecule has 2 unspecified atom stereocenters. The molecule has 2 atom stereocenters. The quantitative estimate of drug-likeness (QED) is 0.807. The molecule has 2 rings (SSSR count). The summed E-state index contributed by atoms with van der Waals surface area (Å²) in [5.41, 5.74) is 7.17. The first kappa shape index (κ1) is 10.3. The Morgan fingerprint density at radius 3 is 3.07 bits per heavy atom. The van der Waals surface area contributed by atoms with E-state index in [4.69, 9.17) is 15.2 Å². The summed E-state index contributed by atoms with van der Waals surface area (Å²) in [6.45, 7) is 5.37. The molecule has 2 N–H and O–H groups in total. The van der Waals surface area contributed by atoms with E-state index < -0.39 is 0 Å². The summed E-state index contributed by atoms with van der Waals surface area (Å²) in [6, 6.07) is 5.95. The standard InChI is InChI=1S/C12H17NO2/c1-3-14-10-6-4-5-9-11(13)8(2)7-15-12(9)10/h4-6,8,11H,3,7,13H2,1-2H3. The van der Waals surface area contributed by atoms with Crippen molar-refractivity contribution >= 4 is 0 Å². The van der Waals surface area contributed by atoms with Crippen LogP contribution in [0.15, 0.2) is 18.2 Å². The van der Waals surface area contributed by atoms with Crippen LogP contribution in [-0.4, -0.2) is 13.2 Å². The number of para-hydroxylation sites is 1.